The first-order chi connectivity index (χ1) is 20.6. The highest BCUT2D eigenvalue weighted by Crippen LogP contribution is 2.43. The molecular formula is C34H50N3O6+. The van der Waals surface area contributed by atoms with Crippen LogP contribution in [0.15, 0.2) is 42.5 Å². The van der Waals surface area contributed by atoms with E-state index in [2.05, 4.69) is 39.0 Å². The molecule has 0 spiro atoms. The molecule has 1 unspecified atom stereocenters. The van der Waals surface area contributed by atoms with Gasteiger partial charge in [0.25, 0.3) is 0 Å². The van der Waals surface area contributed by atoms with Gasteiger partial charge in [-0.15, -0.1) is 0 Å². The first-order valence-corrected chi connectivity index (χ1v) is 15.7. The van der Waals surface area contributed by atoms with Crippen molar-refractivity contribution in [2.24, 2.45) is 5.92 Å². The van der Waals surface area contributed by atoms with Crippen LogP contribution in [0.4, 0.5) is 0 Å². The SMILES string of the molecule is CCCCN(CCC[N+](C)(C)C)C(=O)CN1C[C@H](c2ccc3c(c2)OCO3)C(C(=O)O)[C@@H]1CCCc1ccccc1OC. The van der Waals surface area contributed by atoms with Gasteiger partial charge in [0.05, 0.1) is 47.3 Å². The predicted octanol–water partition coefficient (Wildman–Crippen LogP) is 4.64. The third-order valence-electron chi connectivity index (χ3n) is 8.73. The quantitative estimate of drug-likeness (QED) is 0.283. The van der Waals surface area contributed by atoms with Crippen LogP contribution < -0.4 is 14.2 Å². The van der Waals surface area contributed by atoms with Gasteiger partial charge in [-0.2, -0.15) is 0 Å². The summed E-state index contributed by atoms with van der Waals surface area (Å²) in [6, 6.07) is 13.4. The second kappa shape index (κ2) is 14.9. The largest absolute Gasteiger partial charge is 0.496 e. The maximum Gasteiger partial charge on any atom is 0.308 e. The van der Waals surface area contributed by atoms with E-state index in [0.717, 1.165) is 66.6 Å². The van der Waals surface area contributed by atoms with Crippen molar-refractivity contribution in [1.82, 2.24) is 9.80 Å². The Kier molecular flexibility index (Phi) is 11.3. The zero-order chi connectivity index (χ0) is 31.0. The lowest BCUT2D eigenvalue weighted by molar-refractivity contribution is -0.870. The molecule has 2 aliphatic rings. The number of nitrogens with zero attached hydrogens (tertiary/aromatic N) is 3. The number of carboxylic acids is 1. The minimum absolute atomic E-state index is 0.0834. The summed E-state index contributed by atoms with van der Waals surface area (Å²) < 4.78 is 17.5. The van der Waals surface area contributed by atoms with E-state index < -0.39 is 11.9 Å². The Morgan fingerprint density at radius 1 is 1.05 bits per heavy atom. The maximum atomic E-state index is 13.8. The van der Waals surface area contributed by atoms with Gasteiger partial charge in [0.1, 0.15) is 5.75 Å². The normalized spacial score (nSPS) is 19.9. The molecule has 4 rings (SSSR count). The summed E-state index contributed by atoms with van der Waals surface area (Å²) in [5.41, 5.74) is 2.01. The second-order valence-electron chi connectivity index (χ2n) is 12.9. The van der Waals surface area contributed by atoms with Gasteiger partial charge < -0.3 is 28.7 Å². The van der Waals surface area contributed by atoms with Gasteiger partial charge in [0.2, 0.25) is 12.7 Å². The van der Waals surface area contributed by atoms with Gasteiger partial charge in [-0.05, 0) is 55.0 Å². The number of aryl methyl sites for hydroxylation is 1. The molecule has 9 heteroatoms. The van der Waals surface area contributed by atoms with E-state index in [4.69, 9.17) is 14.2 Å². The van der Waals surface area contributed by atoms with E-state index in [1.54, 1.807) is 7.11 Å². The molecule has 0 aliphatic carbocycles. The number of fused-ring (bicyclic) bond motifs is 1. The van der Waals surface area contributed by atoms with Crippen LogP contribution in [0.2, 0.25) is 0 Å². The van der Waals surface area contributed by atoms with Gasteiger partial charge in [-0.3, -0.25) is 14.5 Å². The maximum absolute atomic E-state index is 13.8. The molecule has 0 aromatic heterocycles. The molecule has 1 amide bonds. The van der Waals surface area contributed by atoms with E-state index in [9.17, 15) is 14.7 Å². The number of amides is 1. The number of rotatable bonds is 16. The van der Waals surface area contributed by atoms with Gasteiger partial charge in [-0.25, -0.2) is 0 Å². The Morgan fingerprint density at radius 2 is 1.79 bits per heavy atom. The van der Waals surface area contributed by atoms with Crippen LogP contribution in [-0.2, 0) is 16.0 Å². The third-order valence-corrected chi connectivity index (χ3v) is 8.73. The van der Waals surface area contributed by atoms with Crippen LogP contribution in [0.5, 0.6) is 17.2 Å². The zero-order valence-corrected chi connectivity index (χ0v) is 26.6. The molecule has 0 saturated carbocycles. The Labute approximate surface area is 256 Å². The molecule has 0 bridgehead atoms. The second-order valence-corrected chi connectivity index (χ2v) is 12.9. The lowest BCUT2D eigenvalue weighted by atomic mass is 9.83. The fourth-order valence-electron chi connectivity index (χ4n) is 6.46. The predicted molar refractivity (Wildman–Crippen MR) is 167 cm³/mol. The minimum atomic E-state index is -0.828. The number of hydrogen-bond acceptors (Lipinski definition) is 6. The van der Waals surface area contributed by atoms with Crippen molar-refractivity contribution in [1.29, 1.82) is 0 Å². The van der Waals surface area contributed by atoms with Crippen LogP contribution in [0, 0.1) is 5.92 Å². The topological polar surface area (TPSA) is 88.5 Å². The number of likely N-dealkylation sites (tertiary alicyclic amines) is 1. The van der Waals surface area contributed by atoms with E-state index in [0.29, 0.717) is 31.0 Å². The Balaban J connectivity index is 1.55. The number of para-hydroxylation sites is 1. The number of benzene rings is 2. The molecule has 0 radical (unpaired) electrons. The fraction of sp³-hybridized carbons (Fsp3) is 0.588. The van der Waals surface area contributed by atoms with Crippen molar-refractivity contribution in [3.63, 3.8) is 0 Å². The van der Waals surface area contributed by atoms with Crippen molar-refractivity contribution < 1.29 is 33.4 Å². The average Bonchev–Trinajstić information content (AvgIpc) is 3.58. The number of carboxylic acid groups (broad SMARTS) is 1. The lowest BCUT2D eigenvalue weighted by Crippen LogP contribution is -2.45. The Bertz CT molecular complexity index is 1230. The lowest BCUT2D eigenvalue weighted by Gasteiger charge is -2.31. The number of carbonyl (C=O) groups excluding carboxylic acids is 1. The summed E-state index contributed by atoms with van der Waals surface area (Å²) in [7, 11) is 8.17. The fourth-order valence-corrected chi connectivity index (χ4v) is 6.46. The van der Waals surface area contributed by atoms with E-state index in [1.807, 2.05) is 41.3 Å². The van der Waals surface area contributed by atoms with E-state index >= 15 is 0 Å². The van der Waals surface area contributed by atoms with Crippen molar-refractivity contribution in [3.05, 3.63) is 53.6 Å². The van der Waals surface area contributed by atoms with E-state index in [1.165, 1.54) is 0 Å². The highest BCUT2D eigenvalue weighted by molar-refractivity contribution is 5.79. The highest BCUT2D eigenvalue weighted by atomic mass is 16.7. The number of carbonyl (C=O) groups is 2. The van der Waals surface area contributed by atoms with Crippen LogP contribution in [0.25, 0.3) is 0 Å². The van der Waals surface area contributed by atoms with Gasteiger partial charge in [-0.1, -0.05) is 37.6 Å². The van der Waals surface area contributed by atoms with Crippen molar-refractivity contribution in [3.8, 4) is 17.2 Å². The molecule has 2 aliphatic heterocycles. The zero-order valence-electron chi connectivity index (χ0n) is 26.6. The molecule has 9 nitrogen and oxygen atoms in total. The average molecular weight is 597 g/mol. The van der Waals surface area contributed by atoms with Crippen LogP contribution in [0.1, 0.15) is 56.1 Å². The number of unbranched alkanes of at least 4 members (excludes halogenated alkanes) is 1. The Hall–Kier alpha value is -3.30. The number of methoxy groups -OCH3 is 1. The Morgan fingerprint density at radius 3 is 2.51 bits per heavy atom. The number of hydrogen-bond donors (Lipinski definition) is 1. The molecule has 1 saturated heterocycles. The number of ether oxygens (including phenoxy) is 3. The smallest absolute Gasteiger partial charge is 0.308 e. The molecule has 43 heavy (non-hydrogen) atoms. The van der Waals surface area contributed by atoms with Crippen molar-refractivity contribution in [2.45, 2.75) is 57.4 Å². The van der Waals surface area contributed by atoms with Crippen LogP contribution in [0.3, 0.4) is 0 Å². The number of aliphatic carboxylic acids is 1. The summed E-state index contributed by atoms with van der Waals surface area (Å²) in [4.78, 5) is 30.9. The first-order valence-electron chi connectivity index (χ1n) is 15.7. The standard InChI is InChI=1S/C34H49N3O6/c1-6-7-18-35(19-11-20-37(2,3)4)32(38)23-36-22-27(26-16-17-30-31(21-26)43-24-42-30)33(34(39)40)28(36)14-10-13-25-12-8-9-15-29(25)41-5/h8-9,12,15-17,21,27-28,33H,6-7,10-11,13-14,18-20,22-24H2,1-5H3/p+1/t27-,28+,33?/m1/s1. The molecule has 2 aromatic carbocycles. The van der Waals surface area contributed by atoms with Gasteiger partial charge >= 0.3 is 5.97 Å². The third kappa shape index (κ3) is 8.63. The molecule has 2 aromatic rings. The monoisotopic (exact) mass is 596 g/mol. The molecule has 2 heterocycles. The molecule has 236 valence electrons. The van der Waals surface area contributed by atoms with Crippen LogP contribution in [-0.4, -0.2) is 105 Å². The minimum Gasteiger partial charge on any atom is -0.496 e. The van der Waals surface area contributed by atoms with E-state index in [-0.39, 0.29) is 31.2 Å². The van der Waals surface area contributed by atoms with Crippen molar-refractivity contribution in [2.75, 3.05) is 67.8 Å². The molecule has 1 fully saturated rings. The first kappa shape index (κ1) is 32.6. The highest BCUT2D eigenvalue weighted by Gasteiger charge is 2.47. The van der Waals surface area contributed by atoms with Gasteiger partial charge in [0, 0.05) is 38.0 Å². The molecule has 1 N–H and O–H groups in total. The van der Waals surface area contributed by atoms with Crippen molar-refractivity contribution >= 4 is 11.9 Å². The summed E-state index contributed by atoms with van der Waals surface area (Å²) in [6.07, 6.45) is 5.13. The molecular weight excluding hydrogens is 546 g/mol. The summed E-state index contributed by atoms with van der Waals surface area (Å²) in [5.74, 6) is 0.507. The number of quaternary nitrogens is 1. The molecule has 3 atom stereocenters. The van der Waals surface area contributed by atoms with Crippen LogP contribution >= 0.6 is 0 Å². The summed E-state index contributed by atoms with van der Waals surface area (Å²) in [6.45, 7) is 5.46. The van der Waals surface area contributed by atoms with Gasteiger partial charge in [0.15, 0.2) is 11.5 Å². The summed E-state index contributed by atoms with van der Waals surface area (Å²) in [5, 5.41) is 10.6. The summed E-state index contributed by atoms with van der Waals surface area (Å²) >= 11 is 0.